The van der Waals surface area contributed by atoms with E-state index in [4.69, 9.17) is 4.52 Å². The van der Waals surface area contributed by atoms with Gasteiger partial charge in [-0.3, -0.25) is 9.78 Å². The zero-order valence-corrected chi connectivity index (χ0v) is 9.17. The standard InChI is InChI=1S/C12H11N3O2/c16-12(9-2-1-4-13-6-9)15-5-3-11-10(8-15)7-14-17-11/h1-2,4,6-7H,3,5,8H2. The second kappa shape index (κ2) is 4.01. The van der Waals surface area contributed by atoms with Gasteiger partial charge in [-0.05, 0) is 12.1 Å². The number of amides is 1. The number of pyridine rings is 1. The van der Waals surface area contributed by atoms with E-state index >= 15 is 0 Å². The number of carbonyl (C=O) groups is 1. The van der Waals surface area contributed by atoms with Crippen LogP contribution in [0.1, 0.15) is 21.7 Å². The van der Waals surface area contributed by atoms with Crippen molar-refractivity contribution in [3.05, 3.63) is 47.6 Å². The molecule has 0 aromatic carbocycles. The number of rotatable bonds is 1. The highest BCUT2D eigenvalue weighted by Gasteiger charge is 2.24. The van der Waals surface area contributed by atoms with Gasteiger partial charge < -0.3 is 9.42 Å². The summed E-state index contributed by atoms with van der Waals surface area (Å²) < 4.78 is 5.09. The first kappa shape index (κ1) is 10.0. The predicted octanol–water partition coefficient (Wildman–Crippen LogP) is 1.27. The molecule has 0 spiro atoms. The van der Waals surface area contributed by atoms with Crippen LogP contribution in [0.4, 0.5) is 0 Å². The molecule has 0 radical (unpaired) electrons. The average Bonchev–Trinajstić information content (AvgIpc) is 2.86. The number of hydrogen-bond acceptors (Lipinski definition) is 4. The zero-order chi connectivity index (χ0) is 11.7. The van der Waals surface area contributed by atoms with Crippen molar-refractivity contribution in [2.24, 2.45) is 0 Å². The van der Waals surface area contributed by atoms with Crippen LogP contribution in [0.25, 0.3) is 0 Å². The Hall–Kier alpha value is -2.17. The van der Waals surface area contributed by atoms with Crippen molar-refractivity contribution >= 4 is 5.91 Å². The number of fused-ring (bicyclic) bond motifs is 1. The minimum atomic E-state index is 0.00458. The summed E-state index contributed by atoms with van der Waals surface area (Å²) in [4.78, 5) is 17.9. The maximum atomic E-state index is 12.2. The van der Waals surface area contributed by atoms with E-state index in [1.54, 1.807) is 35.6 Å². The summed E-state index contributed by atoms with van der Waals surface area (Å²) in [6.07, 6.45) is 5.65. The van der Waals surface area contributed by atoms with Gasteiger partial charge in [-0.25, -0.2) is 0 Å². The Morgan fingerprint density at radius 1 is 1.41 bits per heavy atom. The molecular formula is C12H11N3O2. The summed E-state index contributed by atoms with van der Waals surface area (Å²) in [5.41, 5.74) is 1.61. The van der Waals surface area contributed by atoms with Gasteiger partial charge in [0.25, 0.3) is 5.91 Å². The highest BCUT2D eigenvalue weighted by atomic mass is 16.5. The van der Waals surface area contributed by atoms with E-state index in [9.17, 15) is 4.79 Å². The van der Waals surface area contributed by atoms with Gasteiger partial charge in [-0.15, -0.1) is 0 Å². The van der Waals surface area contributed by atoms with Gasteiger partial charge in [-0.2, -0.15) is 0 Å². The Labute approximate surface area is 98.0 Å². The molecule has 0 aliphatic carbocycles. The van der Waals surface area contributed by atoms with Crippen molar-refractivity contribution in [2.75, 3.05) is 6.54 Å². The fourth-order valence-corrected chi connectivity index (χ4v) is 1.99. The zero-order valence-electron chi connectivity index (χ0n) is 9.17. The van der Waals surface area contributed by atoms with Crippen molar-refractivity contribution in [3.63, 3.8) is 0 Å². The van der Waals surface area contributed by atoms with Gasteiger partial charge in [0.15, 0.2) is 0 Å². The molecule has 5 nitrogen and oxygen atoms in total. The molecule has 0 atom stereocenters. The Kier molecular flexibility index (Phi) is 2.36. The van der Waals surface area contributed by atoms with Crippen LogP contribution in [0.3, 0.4) is 0 Å². The molecule has 0 unspecified atom stereocenters. The first-order valence-corrected chi connectivity index (χ1v) is 5.46. The Morgan fingerprint density at radius 3 is 3.18 bits per heavy atom. The lowest BCUT2D eigenvalue weighted by atomic mass is 10.1. The number of nitrogens with zero attached hydrogens (tertiary/aromatic N) is 3. The second-order valence-corrected chi connectivity index (χ2v) is 3.99. The van der Waals surface area contributed by atoms with Crippen molar-refractivity contribution in [1.82, 2.24) is 15.0 Å². The smallest absolute Gasteiger partial charge is 0.255 e. The van der Waals surface area contributed by atoms with Gasteiger partial charge in [0.1, 0.15) is 5.76 Å². The summed E-state index contributed by atoms with van der Waals surface area (Å²) in [5.74, 6) is 0.894. The SMILES string of the molecule is O=C(c1cccnc1)N1CCc2oncc2C1. The van der Waals surface area contributed by atoms with E-state index in [-0.39, 0.29) is 5.91 Å². The minimum absolute atomic E-state index is 0.00458. The fourth-order valence-electron chi connectivity index (χ4n) is 1.99. The molecule has 2 aromatic rings. The van der Waals surface area contributed by atoms with Crippen LogP contribution in [0.5, 0.6) is 0 Å². The van der Waals surface area contributed by atoms with E-state index in [1.807, 2.05) is 0 Å². The maximum absolute atomic E-state index is 12.2. The molecule has 0 N–H and O–H groups in total. The second-order valence-electron chi connectivity index (χ2n) is 3.99. The summed E-state index contributed by atoms with van der Waals surface area (Å²) in [6.45, 7) is 1.22. The summed E-state index contributed by atoms with van der Waals surface area (Å²) in [6, 6.07) is 3.54. The van der Waals surface area contributed by atoms with E-state index in [1.165, 1.54) is 0 Å². The normalized spacial score (nSPS) is 14.5. The van der Waals surface area contributed by atoms with Crippen LogP contribution < -0.4 is 0 Å². The molecule has 1 aliphatic rings. The van der Waals surface area contributed by atoms with Crippen molar-refractivity contribution < 1.29 is 9.32 Å². The molecule has 0 bridgehead atoms. The van der Waals surface area contributed by atoms with Gasteiger partial charge >= 0.3 is 0 Å². The third-order valence-electron chi connectivity index (χ3n) is 2.90. The van der Waals surface area contributed by atoms with E-state index in [2.05, 4.69) is 10.1 Å². The van der Waals surface area contributed by atoms with Crippen LogP contribution in [-0.2, 0) is 13.0 Å². The van der Waals surface area contributed by atoms with Gasteiger partial charge in [0.2, 0.25) is 0 Å². The average molecular weight is 229 g/mol. The molecule has 86 valence electrons. The largest absolute Gasteiger partial charge is 0.361 e. The molecular weight excluding hydrogens is 218 g/mol. The lowest BCUT2D eigenvalue weighted by molar-refractivity contribution is 0.0728. The molecule has 2 aromatic heterocycles. The molecule has 1 amide bonds. The Bertz CT molecular complexity index is 536. The summed E-state index contributed by atoms with van der Waals surface area (Å²) >= 11 is 0. The van der Waals surface area contributed by atoms with Crippen LogP contribution >= 0.6 is 0 Å². The lowest BCUT2D eigenvalue weighted by Crippen LogP contribution is -2.35. The number of carbonyl (C=O) groups excluding carboxylic acids is 1. The van der Waals surface area contributed by atoms with E-state index < -0.39 is 0 Å². The van der Waals surface area contributed by atoms with Gasteiger partial charge in [0.05, 0.1) is 18.3 Å². The highest BCUT2D eigenvalue weighted by molar-refractivity contribution is 5.93. The van der Waals surface area contributed by atoms with Crippen LogP contribution in [0, 0.1) is 0 Å². The molecule has 0 saturated heterocycles. The lowest BCUT2D eigenvalue weighted by Gasteiger charge is -2.25. The van der Waals surface area contributed by atoms with Gasteiger partial charge in [-0.1, -0.05) is 5.16 Å². The molecule has 1 aliphatic heterocycles. The number of hydrogen-bond donors (Lipinski definition) is 0. The topological polar surface area (TPSA) is 59.2 Å². The van der Waals surface area contributed by atoms with Crippen LogP contribution in [0.15, 0.2) is 35.2 Å². The van der Waals surface area contributed by atoms with Gasteiger partial charge in [0, 0.05) is 30.9 Å². The molecule has 17 heavy (non-hydrogen) atoms. The maximum Gasteiger partial charge on any atom is 0.255 e. The molecule has 0 saturated carbocycles. The molecule has 0 fully saturated rings. The monoisotopic (exact) mass is 229 g/mol. The Balaban J connectivity index is 1.81. The van der Waals surface area contributed by atoms with Crippen LogP contribution in [-0.4, -0.2) is 27.5 Å². The van der Waals surface area contributed by atoms with E-state index in [0.29, 0.717) is 18.7 Å². The van der Waals surface area contributed by atoms with E-state index in [0.717, 1.165) is 17.7 Å². The third kappa shape index (κ3) is 1.80. The van der Waals surface area contributed by atoms with Crippen molar-refractivity contribution in [2.45, 2.75) is 13.0 Å². The summed E-state index contributed by atoms with van der Waals surface area (Å²) in [5, 5.41) is 3.75. The van der Waals surface area contributed by atoms with Crippen LogP contribution in [0.2, 0.25) is 0 Å². The van der Waals surface area contributed by atoms with Crippen molar-refractivity contribution in [1.29, 1.82) is 0 Å². The van der Waals surface area contributed by atoms with Crippen molar-refractivity contribution in [3.8, 4) is 0 Å². The quantitative estimate of drug-likeness (QED) is 0.738. The predicted molar refractivity (Wildman–Crippen MR) is 59.2 cm³/mol. The minimum Gasteiger partial charge on any atom is -0.361 e. The third-order valence-corrected chi connectivity index (χ3v) is 2.90. The highest BCUT2D eigenvalue weighted by Crippen LogP contribution is 2.19. The summed E-state index contributed by atoms with van der Waals surface area (Å²) in [7, 11) is 0. The molecule has 3 rings (SSSR count). The number of aromatic nitrogens is 2. The fraction of sp³-hybridized carbons (Fsp3) is 0.250. The molecule has 3 heterocycles. The first-order valence-electron chi connectivity index (χ1n) is 5.46. The Morgan fingerprint density at radius 2 is 2.35 bits per heavy atom. The first-order chi connectivity index (χ1) is 8.34. The molecule has 5 heteroatoms.